The van der Waals surface area contributed by atoms with Crippen LogP contribution in [-0.2, 0) is 0 Å². The highest BCUT2D eigenvalue weighted by Crippen LogP contribution is 2.27. The Kier molecular flexibility index (Phi) is 8.76. The summed E-state index contributed by atoms with van der Waals surface area (Å²) in [5.74, 6) is 0.343. The highest BCUT2D eigenvalue weighted by atomic mass is 19.1. The number of phenols is 1. The molecule has 0 fully saturated rings. The molecule has 2 aromatic rings. The van der Waals surface area contributed by atoms with Crippen LogP contribution >= 0.6 is 0 Å². The zero-order valence-electron chi connectivity index (χ0n) is 16.7. The number of hydrogen-bond acceptors (Lipinski definition) is 3. The Labute approximate surface area is 167 Å². The topological polar surface area (TPSA) is 32.7 Å². The van der Waals surface area contributed by atoms with Crippen molar-refractivity contribution in [1.82, 2.24) is 4.90 Å². The van der Waals surface area contributed by atoms with Gasteiger partial charge < -0.3 is 14.7 Å². The summed E-state index contributed by atoms with van der Waals surface area (Å²) in [5, 5.41) is 9.37. The van der Waals surface area contributed by atoms with E-state index in [4.69, 9.17) is 4.74 Å². The molecule has 0 aliphatic heterocycles. The van der Waals surface area contributed by atoms with Gasteiger partial charge in [-0.2, -0.15) is 0 Å². The van der Waals surface area contributed by atoms with E-state index in [-0.39, 0.29) is 11.6 Å². The number of likely N-dealkylation sites (N-methyl/N-ethyl adjacent to an activating group) is 1. The van der Waals surface area contributed by atoms with Gasteiger partial charge in [0.05, 0.1) is 6.61 Å². The maximum atomic E-state index is 14.5. The molecule has 0 unspecified atom stereocenters. The largest absolute Gasteiger partial charge is 0.508 e. The van der Waals surface area contributed by atoms with E-state index >= 15 is 0 Å². The van der Waals surface area contributed by atoms with Crippen LogP contribution in [0.5, 0.6) is 11.5 Å². The van der Waals surface area contributed by atoms with Gasteiger partial charge in [-0.1, -0.05) is 37.6 Å². The van der Waals surface area contributed by atoms with E-state index in [9.17, 15) is 9.50 Å². The second-order valence-electron chi connectivity index (χ2n) is 6.98. The lowest BCUT2D eigenvalue weighted by Gasteiger charge is -2.13. The molecule has 0 saturated heterocycles. The molecule has 4 heteroatoms. The average Bonchev–Trinajstić information content (AvgIpc) is 2.67. The second kappa shape index (κ2) is 11.3. The van der Waals surface area contributed by atoms with Crippen molar-refractivity contribution in [3.63, 3.8) is 0 Å². The zero-order chi connectivity index (χ0) is 20.4. The molecule has 0 heterocycles. The molecule has 0 aromatic heterocycles. The number of benzene rings is 2. The average molecular weight is 384 g/mol. The van der Waals surface area contributed by atoms with Crippen LogP contribution in [0, 0.1) is 5.82 Å². The minimum Gasteiger partial charge on any atom is -0.508 e. The molecule has 150 valence electrons. The van der Waals surface area contributed by atoms with Gasteiger partial charge in [-0.3, -0.25) is 0 Å². The SMILES string of the molecule is C=CCN(C)CCCCCCOc1ccc(C(=C)c2ccc(O)cc2)c(F)c1. The predicted molar refractivity (Wildman–Crippen MR) is 114 cm³/mol. The number of halogens is 1. The Hall–Kier alpha value is -2.59. The monoisotopic (exact) mass is 383 g/mol. The molecule has 0 radical (unpaired) electrons. The lowest BCUT2D eigenvalue weighted by molar-refractivity contribution is 0.299. The first-order valence-corrected chi connectivity index (χ1v) is 9.71. The molecule has 2 aromatic carbocycles. The molecular weight excluding hydrogens is 353 g/mol. The minimum atomic E-state index is -0.360. The van der Waals surface area contributed by atoms with Crippen molar-refractivity contribution in [2.45, 2.75) is 25.7 Å². The number of unbranched alkanes of at least 4 members (excludes halogenated alkanes) is 3. The summed E-state index contributed by atoms with van der Waals surface area (Å²) < 4.78 is 20.2. The van der Waals surface area contributed by atoms with Gasteiger partial charge in [0.2, 0.25) is 0 Å². The quantitative estimate of drug-likeness (QED) is 0.380. The van der Waals surface area contributed by atoms with Crippen molar-refractivity contribution in [3.05, 3.63) is 78.6 Å². The van der Waals surface area contributed by atoms with Gasteiger partial charge in [0.1, 0.15) is 17.3 Å². The first-order chi connectivity index (χ1) is 13.5. The number of phenolic OH excluding ortho intramolecular Hbond substituents is 1. The fourth-order valence-corrected chi connectivity index (χ4v) is 2.99. The molecule has 1 N–H and O–H groups in total. The number of rotatable bonds is 12. The molecule has 0 aliphatic carbocycles. The predicted octanol–water partition coefficient (Wildman–Crippen LogP) is 5.65. The summed E-state index contributed by atoms with van der Waals surface area (Å²) in [6.07, 6.45) is 6.28. The van der Waals surface area contributed by atoms with Gasteiger partial charge in [-0.25, -0.2) is 4.39 Å². The number of nitrogens with zero attached hydrogens (tertiary/aromatic N) is 1. The lowest BCUT2D eigenvalue weighted by Crippen LogP contribution is -2.19. The van der Waals surface area contributed by atoms with Crippen LogP contribution in [0.1, 0.15) is 36.8 Å². The first-order valence-electron chi connectivity index (χ1n) is 9.71. The van der Waals surface area contributed by atoms with Crippen LogP contribution in [0.25, 0.3) is 5.57 Å². The van der Waals surface area contributed by atoms with Crippen LogP contribution in [0.3, 0.4) is 0 Å². The van der Waals surface area contributed by atoms with Crippen LogP contribution in [0.4, 0.5) is 4.39 Å². The molecule has 2 rings (SSSR count). The highest BCUT2D eigenvalue weighted by Gasteiger charge is 2.10. The number of aromatic hydroxyl groups is 1. The molecule has 0 spiro atoms. The van der Waals surface area contributed by atoms with Crippen molar-refractivity contribution in [2.75, 3.05) is 26.7 Å². The smallest absolute Gasteiger partial charge is 0.134 e. The Morgan fingerprint density at radius 3 is 2.50 bits per heavy atom. The van der Waals surface area contributed by atoms with Gasteiger partial charge in [0.25, 0.3) is 0 Å². The number of ether oxygens (including phenoxy) is 1. The van der Waals surface area contributed by atoms with Crippen LogP contribution in [0.15, 0.2) is 61.7 Å². The first kappa shape index (κ1) is 21.7. The zero-order valence-corrected chi connectivity index (χ0v) is 16.7. The fourth-order valence-electron chi connectivity index (χ4n) is 2.99. The molecular formula is C24H30FNO2. The normalized spacial score (nSPS) is 10.8. The molecule has 0 atom stereocenters. The maximum Gasteiger partial charge on any atom is 0.134 e. The van der Waals surface area contributed by atoms with Gasteiger partial charge >= 0.3 is 0 Å². The van der Waals surface area contributed by atoms with Gasteiger partial charge in [-0.05, 0) is 61.8 Å². The fraction of sp³-hybridized carbons (Fsp3) is 0.333. The van der Waals surface area contributed by atoms with Crippen LogP contribution < -0.4 is 4.74 Å². The van der Waals surface area contributed by atoms with Gasteiger partial charge in [0, 0.05) is 18.2 Å². The van der Waals surface area contributed by atoms with Crippen LogP contribution in [-0.4, -0.2) is 36.8 Å². The molecule has 3 nitrogen and oxygen atoms in total. The van der Waals surface area contributed by atoms with E-state index in [0.29, 0.717) is 23.5 Å². The third-order valence-electron chi connectivity index (χ3n) is 4.63. The van der Waals surface area contributed by atoms with Gasteiger partial charge in [-0.15, -0.1) is 6.58 Å². The minimum absolute atomic E-state index is 0.171. The second-order valence-corrected chi connectivity index (χ2v) is 6.98. The van der Waals surface area contributed by atoms with Crippen molar-refractivity contribution in [1.29, 1.82) is 0 Å². The molecule has 0 aliphatic rings. The van der Waals surface area contributed by atoms with E-state index in [2.05, 4.69) is 25.1 Å². The lowest BCUT2D eigenvalue weighted by atomic mass is 9.99. The van der Waals surface area contributed by atoms with Crippen molar-refractivity contribution >= 4 is 5.57 Å². The van der Waals surface area contributed by atoms with E-state index in [1.54, 1.807) is 36.4 Å². The summed E-state index contributed by atoms with van der Waals surface area (Å²) in [7, 11) is 2.10. The summed E-state index contributed by atoms with van der Waals surface area (Å²) in [6, 6.07) is 11.4. The van der Waals surface area contributed by atoms with Crippen molar-refractivity contribution < 1.29 is 14.2 Å². The number of hydrogen-bond donors (Lipinski definition) is 1. The van der Waals surface area contributed by atoms with E-state index in [1.807, 2.05) is 6.08 Å². The third-order valence-corrected chi connectivity index (χ3v) is 4.63. The summed E-state index contributed by atoms with van der Waals surface area (Å²) in [4.78, 5) is 2.25. The van der Waals surface area contributed by atoms with E-state index in [1.165, 1.54) is 6.07 Å². The standard InChI is InChI=1S/C24H30FNO2/c1-4-15-26(3)16-7-5-6-8-17-28-22-13-14-23(24(25)18-22)19(2)20-9-11-21(27)12-10-20/h4,9-14,18,27H,1-2,5-8,15-17H2,3H3. The van der Waals surface area contributed by atoms with E-state index in [0.717, 1.165) is 44.3 Å². The molecule has 0 saturated carbocycles. The third kappa shape index (κ3) is 6.86. The maximum absolute atomic E-state index is 14.5. The molecule has 0 amide bonds. The summed E-state index contributed by atoms with van der Waals surface area (Å²) in [6.45, 7) is 10.3. The Morgan fingerprint density at radius 2 is 1.82 bits per heavy atom. The van der Waals surface area contributed by atoms with Crippen LogP contribution in [0.2, 0.25) is 0 Å². The molecule has 28 heavy (non-hydrogen) atoms. The summed E-state index contributed by atoms with van der Waals surface area (Å²) in [5.41, 5.74) is 1.77. The van der Waals surface area contributed by atoms with E-state index < -0.39 is 0 Å². The molecule has 0 bridgehead atoms. The summed E-state index contributed by atoms with van der Waals surface area (Å²) >= 11 is 0. The Balaban J connectivity index is 1.75. The van der Waals surface area contributed by atoms with Gasteiger partial charge in [0.15, 0.2) is 0 Å². The Bertz CT molecular complexity index is 771. The van der Waals surface area contributed by atoms with Crippen molar-refractivity contribution in [2.24, 2.45) is 0 Å². The Morgan fingerprint density at radius 1 is 1.11 bits per heavy atom. The highest BCUT2D eigenvalue weighted by molar-refractivity contribution is 5.78. The van der Waals surface area contributed by atoms with Crippen molar-refractivity contribution in [3.8, 4) is 11.5 Å².